The topological polar surface area (TPSA) is 83.6 Å². The number of aromatic amines is 1. The van der Waals surface area contributed by atoms with Crippen molar-refractivity contribution in [1.29, 1.82) is 0 Å². The average molecular weight is 553 g/mol. The van der Waals surface area contributed by atoms with Gasteiger partial charge in [0.25, 0.3) is 0 Å². The Kier molecular flexibility index (Phi) is 6.33. The molecule has 3 rings (SSSR count). The molecule has 0 bridgehead atoms. The van der Waals surface area contributed by atoms with Gasteiger partial charge in [-0.25, -0.2) is 0 Å². The van der Waals surface area contributed by atoms with Gasteiger partial charge in [0, 0.05) is 15.2 Å². The predicted octanol–water partition coefficient (Wildman–Crippen LogP) is 5.16. The summed E-state index contributed by atoms with van der Waals surface area (Å²) in [6, 6.07) is 5.94. The molecule has 6 nitrogen and oxygen atoms in total. The van der Waals surface area contributed by atoms with Gasteiger partial charge in [0.2, 0.25) is 11.7 Å². The van der Waals surface area contributed by atoms with Crippen LogP contribution in [0.5, 0.6) is 0 Å². The Morgan fingerprint density at radius 1 is 1.00 bits per heavy atom. The molecule has 0 fully saturated rings. The average Bonchev–Trinajstić information content (AvgIpc) is 3.21. The Labute approximate surface area is 183 Å². The van der Waals surface area contributed by atoms with Crippen LogP contribution in [-0.4, -0.2) is 26.5 Å². The van der Waals surface area contributed by atoms with Gasteiger partial charge in [0.1, 0.15) is 0 Å². The molecule has 0 spiro atoms. The standard InChI is InChI=1S/C18H10F6IN5O/c19-17(20,21)10-5-9(6-11(7-10)18(22,23)24)1-4-15(31)26-14-3-2-12(25)8-13(14)16-27-29-30-28-16/h1-8H,(H,26,31)(H,27,28,29,30). The van der Waals surface area contributed by atoms with E-state index in [4.69, 9.17) is 0 Å². The van der Waals surface area contributed by atoms with Crippen molar-refractivity contribution in [2.45, 2.75) is 12.4 Å². The SMILES string of the molecule is O=C(C=Cc1cc(C(F)(F)F)cc(C(F)(F)F)c1)Nc1ccc(I)cc1-c1nn[nH]n1. The van der Waals surface area contributed by atoms with Gasteiger partial charge >= 0.3 is 12.4 Å². The number of rotatable bonds is 4. The van der Waals surface area contributed by atoms with E-state index in [2.05, 4.69) is 25.9 Å². The molecule has 1 heterocycles. The van der Waals surface area contributed by atoms with Crippen molar-refractivity contribution in [3.05, 3.63) is 62.7 Å². The highest BCUT2D eigenvalue weighted by Crippen LogP contribution is 2.36. The molecule has 0 aliphatic heterocycles. The van der Waals surface area contributed by atoms with Gasteiger partial charge in [-0.2, -0.15) is 31.6 Å². The third-order valence-corrected chi connectivity index (χ3v) is 4.53. The molecule has 13 heteroatoms. The molecule has 1 aromatic heterocycles. The number of nitrogens with one attached hydrogen (secondary N) is 2. The summed E-state index contributed by atoms with van der Waals surface area (Å²) in [5, 5.41) is 15.8. The van der Waals surface area contributed by atoms with Crippen molar-refractivity contribution in [3.63, 3.8) is 0 Å². The summed E-state index contributed by atoms with van der Waals surface area (Å²) in [5.41, 5.74) is -2.69. The lowest BCUT2D eigenvalue weighted by molar-refractivity contribution is -0.143. The van der Waals surface area contributed by atoms with Crippen LogP contribution in [-0.2, 0) is 17.1 Å². The van der Waals surface area contributed by atoms with Crippen molar-refractivity contribution in [2.24, 2.45) is 0 Å². The number of alkyl halides is 6. The molecule has 0 atom stereocenters. The highest BCUT2D eigenvalue weighted by atomic mass is 127. The largest absolute Gasteiger partial charge is 0.416 e. The predicted molar refractivity (Wildman–Crippen MR) is 106 cm³/mol. The van der Waals surface area contributed by atoms with Crippen LogP contribution in [0.25, 0.3) is 17.5 Å². The fraction of sp³-hybridized carbons (Fsp3) is 0.111. The van der Waals surface area contributed by atoms with Gasteiger partial charge in [-0.1, -0.05) is 0 Å². The minimum atomic E-state index is -4.98. The molecule has 0 saturated carbocycles. The van der Waals surface area contributed by atoms with Crippen LogP contribution in [0.3, 0.4) is 0 Å². The van der Waals surface area contributed by atoms with Crippen LogP contribution in [0.1, 0.15) is 16.7 Å². The first kappa shape index (κ1) is 22.7. The number of hydrogen-bond donors (Lipinski definition) is 2. The molecule has 162 valence electrons. The summed E-state index contributed by atoms with van der Waals surface area (Å²) in [5.74, 6) is -0.595. The van der Waals surface area contributed by atoms with Crippen molar-refractivity contribution in [2.75, 3.05) is 5.32 Å². The van der Waals surface area contributed by atoms with Gasteiger partial charge in [0.05, 0.1) is 16.8 Å². The fourth-order valence-corrected chi connectivity index (χ4v) is 3.00. The minimum absolute atomic E-state index is 0.0141. The normalized spacial score (nSPS) is 12.4. The number of amides is 1. The van der Waals surface area contributed by atoms with Crippen LogP contribution in [0.2, 0.25) is 0 Å². The van der Waals surface area contributed by atoms with Crippen LogP contribution in [0, 0.1) is 3.57 Å². The number of H-pyrrole nitrogens is 1. The van der Waals surface area contributed by atoms with E-state index < -0.39 is 35.0 Å². The Morgan fingerprint density at radius 2 is 1.65 bits per heavy atom. The number of carbonyl (C=O) groups excluding carboxylic acids is 1. The Bertz CT molecular complexity index is 1090. The van der Waals surface area contributed by atoms with E-state index in [-0.39, 0.29) is 17.6 Å². The van der Waals surface area contributed by atoms with Gasteiger partial charge < -0.3 is 5.32 Å². The maximum Gasteiger partial charge on any atom is 0.416 e. The van der Waals surface area contributed by atoms with Crippen molar-refractivity contribution >= 4 is 40.3 Å². The van der Waals surface area contributed by atoms with Gasteiger partial charge in [-0.3, -0.25) is 4.79 Å². The summed E-state index contributed by atoms with van der Waals surface area (Å²) in [7, 11) is 0. The lowest BCUT2D eigenvalue weighted by Crippen LogP contribution is -2.11. The summed E-state index contributed by atoms with van der Waals surface area (Å²) < 4.78 is 78.5. The number of hydrogen-bond acceptors (Lipinski definition) is 4. The van der Waals surface area contributed by atoms with Crippen LogP contribution < -0.4 is 5.32 Å². The first-order valence-electron chi connectivity index (χ1n) is 8.25. The van der Waals surface area contributed by atoms with Crippen molar-refractivity contribution in [1.82, 2.24) is 20.6 Å². The lowest BCUT2D eigenvalue weighted by Gasteiger charge is -2.13. The second-order valence-corrected chi connectivity index (χ2v) is 7.33. The Hall–Kier alpha value is -2.97. The van der Waals surface area contributed by atoms with E-state index >= 15 is 0 Å². The van der Waals surface area contributed by atoms with E-state index in [0.717, 1.165) is 15.7 Å². The first-order chi connectivity index (χ1) is 14.4. The van der Waals surface area contributed by atoms with Gasteiger partial charge in [-0.15, -0.1) is 10.2 Å². The molecule has 1 amide bonds. The fourth-order valence-electron chi connectivity index (χ4n) is 2.51. The summed E-state index contributed by atoms with van der Waals surface area (Å²) in [4.78, 5) is 12.2. The first-order valence-corrected chi connectivity index (χ1v) is 9.33. The molecular weight excluding hydrogens is 543 g/mol. The number of halogens is 7. The summed E-state index contributed by atoms with van der Waals surface area (Å²) >= 11 is 2.03. The number of carbonyl (C=O) groups is 1. The van der Waals surface area contributed by atoms with E-state index in [1.807, 2.05) is 22.6 Å². The molecule has 2 aromatic carbocycles. The number of anilines is 1. The highest BCUT2D eigenvalue weighted by Gasteiger charge is 2.36. The third-order valence-electron chi connectivity index (χ3n) is 3.86. The zero-order valence-corrected chi connectivity index (χ0v) is 17.2. The third kappa shape index (κ3) is 5.80. The second kappa shape index (κ2) is 8.64. The zero-order valence-electron chi connectivity index (χ0n) is 15.0. The molecule has 0 aliphatic carbocycles. The summed E-state index contributed by atoms with van der Waals surface area (Å²) in [6.07, 6.45) is -8.27. The molecule has 2 N–H and O–H groups in total. The number of nitrogens with zero attached hydrogens (tertiary/aromatic N) is 3. The number of benzene rings is 2. The highest BCUT2D eigenvalue weighted by molar-refractivity contribution is 14.1. The number of tetrazole rings is 1. The van der Waals surface area contributed by atoms with Crippen LogP contribution >= 0.6 is 22.6 Å². The maximum absolute atomic E-state index is 12.9. The van der Waals surface area contributed by atoms with E-state index in [1.54, 1.807) is 18.2 Å². The van der Waals surface area contributed by atoms with Crippen molar-refractivity contribution < 1.29 is 31.1 Å². The van der Waals surface area contributed by atoms with Crippen LogP contribution in [0.4, 0.5) is 32.0 Å². The summed E-state index contributed by atoms with van der Waals surface area (Å²) in [6.45, 7) is 0. The number of aromatic nitrogens is 4. The van der Waals surface area contributed by atoms with Crippen LogP contribution in [0.15, 0.2) is 42.5 Å². The molecule has 31 heavy (non-hydrogen) atoms. The lowest BCUT2D eigenvalue weighted by atomic mass is 10.0. The quantitative estimate of drug-likeness (QED) is 0.266. The molecule has 0 radical (unpaired) electrons. The van der Waals surface area contributed by atoms with E-state index in [1.165, 1.54) is 0 Å². The Morgan fingerprint density at radius 3 is 2.19 bits per heavy atom. The molecule has 3 aromatic rings. The second-order valence-electron chi connectivity index (χ2n) is 6.09. The Balaban J connectivity index is 1.87. The maximum atomic E-state index is 12.9. The molecule has 0 unspecified atom stereocenters. The van der Waals surface area contributed by atoms with E-state index in [0.29, 0.717) is 17.7 Å². The van der Waals surface area contributed by atoms with Gasteiger partial charge in [0.15, 0.2) is 0 Å². The zero-order chi connectivity index (χ0) is 22.8. The minimum Gasteiger partial charge on any atom is -0.322 e. The monoisotopic (exact) mass is 553 g/mol. The van der Waals surface area contributed by atoms with Gasteiger partial charge in [-0.05, 0) is 75.8 Å². The van der Waals surface area contributed by atoms with E-state index in [9.17, 15) is 31.1 Å². The molecular formula is C18H10F6IN5O. The molecule has 0 aliphatic rings. The molecule has 0 saturated heterocycles. The smallest absolute Gasteiger partial charge is 0.322 e. The van der Waals surface area contributed by atoms with Crippen molar-refractivity contribution in [3.8, 4) is 11.4 Å².